The molecule has 0 aromatic carbocycles. The van der Waals surface area contributed by atoms with Gasteiger partial charge in [-0.2, -0.15) is 25.3 Å². The van der Waals surface area contributed by atoms with E-state index in [4.69, 9.17) is 11.5 Å². The summed E-state index contributed by atoms with van der Waals surface area (Å²) < 4.78 is 4.33. The van der Waals surface area contributed by atoms with Crippen LogP contribution in [0.5, 0.6) is 0 Å². The lowest BCUT2D eigenvalue weighted by molar-refractivity contribution is -0.160. The molecule has 0 fully saturated rings. The molecule has 0 aliphatic rings. The van der Waals surface area contributed by atoms with Crippen molar-refractivity contribution in [2.75, 3.05) is 11.5 Å². The minimum absolute atomic E-state index is 0. The lowest BCUT2D eigenvalue weighted by Gasteiger charge is -2.09. The average molecular weight is 261 g/mol. The second-order valence-corrected chi connectivity index (χ2v) is 3.05. The van der Waals surface area contributed by atoms with Gasteiger partial charge in [0.1, 0.15) is 12.1 Å². The Bertz CT molecular complexity index is 186. The Kier molecular flexibility index (Phi) is 9.85. The number of hydrogen-bond acceptors (Lipinski definition) is 7. The molecule has 4 N–H and O–H groups in total. The first-order valence-electron chi connectivity index (χ1n) is 3.51. The van der Waals surface area contributed by atoms with Crippen LogP contribution in [0.15, 0.2) is 0 Å². The molecular weight excluding hydrogens is 248 g/mol. The molecule has 0 bridgehead atoms. The summed E-state index contributed by atoms with van der Waals surface area (Å²) in [5.41, 5.74) is 10.5. The third kappa shape index (κ3) is 5.71. The van der Waals surface area contributed by atoms with E-state index < -0.39 is 24.0 Å². The first-order chi connectivity index (χ1) is 6.02. The van der Waals surface area contributed by atoms with Gasteiger partial charge in [-0.15, -0.1) is 12.4 Å². The van der Waals surface area contributed by atoms with Gasteiger partial charge in [-0.3, -0.25) is 0 Å². The fraction of sp³-hybridized carbons (Fsp3) is 0.667. The van der Waals surface area contributed by atoms with Crippen molar-refractivity contribution in [3.8, 4) is 0 Å². The quantitative estimate of drug-likeness (QED) is 0.295. The monoisotopic (exact) mass is 260 g/mol. The van der Waals surface area contributed by atoms with Crippen LogP contribution >= 0.6 is 37.7 Å². The van der Waals surface area contributed by atoms with E-state index in [1.54, 1.807) is 0 Å². The van der Waals surface area contributed by atoms with E-state index in [1.165, 1.54) is 0 Å². The van der Waals surface area contributed by atoms with Crippen molar-refractivity contribution in [1.29, 1.82) is 0 Å². The van der Waals surface area contributed by atoms with Crippen LogP contribution in [0.3, 0.4) is 0 Å². The predicted octanol–water partition coefficient (Wildman–Crippen LogP) is -1.01. The number of esters is 2. The number of hydrogen-bond donors (Lipinski definition) is 4. The predicted molar refractivity (Wildman–Crippen MR) is 62.0 cm³/mol. The zero-order valence-corrected chi connectivity index (χ0v) is 9.86. The third-order valence-electron chi connectivity index (χ3n) is 1.20. The summed E-state index contributed by atoms with van der Waals surface area (Å²) in [7, 11) is 0. The van der Waals surface area contributed by atoms with Gasteiger partial charge in [0.15, 0.2) is 0 Å². The van der Waals surface area contributed by atoms with Crippen molar-refractivity contribution in [3.63, 3.8) is 0 Å². The van der Waals surface area contributed by atoms with Gasteiger partial charge in [-0.1, -0.05) is 0 Å². The average Bonchev–Trinajstić information content (AvgIpc) is 2.14. The summed E-state index contributed by atoms with van der Waals surface area (Å²) in [5, 5.41) is 0. The van der Waals surface area contributed by atoms with Crippen molar-refractivity contribution in [3.05, 3.63) is 0 Å². The number of thiol groups is 2. The second kappa shape index (κ2) is 8.37. The van der Waals surface area contributed by atoms with Crippen LogP contribution in [0.4, 0.5) is 0 Å². The van der Waals surface area contributed by atoms with Gasteiger partial charge in [0.25, 0.3) is 0 Å². The van der Waals surface area contributed by atoms with Crippen molar-refractivity contribution in [1.82, 2.24) is 0 Å². The zero-order valence-electron chi connectivity index (χ0n) is 7.25. The highest BCUT2D eigenvalue weighted by atomic mass is 35.5. The summed E-state index contributed by atoms with van der Waals surface area (Å²) in [6, 6.07) is -1.81. The van der Waals surface area contributed by atoms with Crippen molar-refractivity contribution < 1.29 is 14.3 Å². The van der Waals surface area contributed by atoms with Crippen molar-refractivity contribution in [2.24, 2.45) is 11.5 Å². The maximum absolute atomic E-state index is 10.9. The van der Waals surface area contributed by atoms with E-state index >= 15 is 0 Å². The Morgan fingerprint density at radius 1 is 1.07 bits per heavy atom. The van der Waals surface area contributed by atoms with Crippen LogP contribution in [-0.4, -0.2) is 35.5 Å². The number of carbonyl (C=O) groups excluding carboxylic acids is 2. The Morgan fingerprint density at radius 2 is 1.36 bits per heavy atom. The van der Waals surface area contributed by atoms with Gasteiger partial charge >= 0.3 is 11.9 Å². The molecule has 0 aromatic rings. The fourth-order valence-corrected chi connectivity index (χ4v) is 0.698. The lowest BCUT2D eigenvalue weighted by Crippen LogP contribution is -2.41. The molecule has 5 nitrogen and oxygen atoms in total. The highest BCUT2D eigenvalue weighted by Gasteiger charge is 2.21. The van der Waals surface area contributed by atoms with Crippen LogP contribution in [0.25, 0.3) is 0 Å². The third-order valence-corrected chi connectivity index (χ3v) is 1.99. The molecule has 2 atom stereocenters. The smallest absolute Gasteiger partial charge is 0.331 e. The molecule has 8 heteroatoms. The number of nitrogens with two attached hydrogens (primary N) is 2. The number of ether oxygens (including phenoxy) is 1. The Balaban J connectivity index is 0. The van der Waals surface area contributed by atoms with Crippen molar-refractivity contribution >= 4 is 49.6 Å². The lowest BCUT2D eigenvalue weighted by atomic mass is 10.3. The Labute approximate surface area is 99.1 Å². The summed E-state index contributed by atoms with van der Waals surface area (Å²) in [6.07, 6.45) is 0. The second-order valence-electron chi connectivity index (χ2n) is 2.32. The summed E-state index contributed by atoms with van der Waals surface area (Å²) in [6.45, 7) is 0. The molecule has 0 aliphatic heterocycles. The summed E-state index contributed by atoms with van der Waals surface area (Å²) in [4.78, 5) is 21.8. The van der Waals surface area contributed by atoms with E-state index in [2.05, 4.69) is 30.0 Å². The summed E-state index contributed by atoms with van der Waals surface area (Å²) in [5.74, 6) is -1.42. The van der Waals surface area contributed by atoms with E-state index in [9.17, 15) is 9.59 Å². The van der Waals surface area contributed by atoms with Gasteiger partial charge in [0.2, 0.25) is 0 Å². The van der Waals surface area contributed by atoms with E-state index in [0.29, 0.717) is 0 Å². The summed E-state index contributed by atoms with van der Waals surface area (Å²) >= 11 is 7.54. The molecule has 0 aromatic heterocycles. The molecule has 0 aliphatic carbocycles. The number of halogens is 1. The van der Waals surface area contributed by atoms with Crippen LogP contribution in [0.1, 0.15) is 0 Å². The van der Waals surface area contributed by atoms with Gasteiger partial charge in [-0.25, -0.2) is 9.59 Å². The number of rotatable bonds is 4. The zero-order chi connectivity index (χ0) is 10.4. The molecule has 0 heterocycles. The first-order valence-corrected chi connectivity index (χ1v) is 4.77. The highest BCUT2D eigenvalue weighted by molar-refractivity contribution is 7.80. The topological polar surface area (TPSA) is 95.4 Å². The largest absolute Gasteiger partial charge is 0.391 e. The molecule has 0 radical (unpaired) electrons. The van der Waals surface area contributed by atoms with Crippen LogP contribution in [-0.2, 0) is 14.3 Å². The molecule has 0 saturated carbocycles. The number of carbonyl (C=O) groups is 2. The molecule has 84 valence electrons. The molecule has 0 unspecified atom stereocenters. The van der Waals surface area contributed by atoms with Gasteiger partial charge in [-0.05, 0) is 0 Å². The van der Waals surface area contributed by atoms with Gasteiger partial charge < -0.3 is 16.2 Å². The van der Waals surface area contributed by atoms with Gasteiger partial charge in [0, 0.05) is 11.5 Å². The minimum atomic E-state index is -0.903. The molecule has 0 saturated heterocycles. The maximum atomic E-state index is 10.9. The molecule has 0 rings (SSSR count). The molecule has 0 spiro atoms. The van der Waals surface area contributed by atoms with E-state index in [0.717, 1.165) is 0 Å². The molecule has 0 amide bonds. The van der Waals surface area contributed by atoms with Gasteiger partial charge in [0.05, 0.1) is 0 Å². The Morgan fingerprint density at radius 3 is 1.57 bits per heavy atom. The fourth-order valence-electron chi connectivity index (χ4n) is 0.400. The van der Waals surface area contributed by atoms with E-state index in [-0.39, 0.29) is 23.9 Å². The van der Waals surface area contributed by atoms with Crippen molar-refractivity contribution in [2.45, 2.75) is 12.1 Å². The Hall–Kier alpha value is 0.0500. The minimum Gasteiger partial charge on any atom is -0.391 e. The first kappa shape index (κ1) is 16.5. The van der Waals surface area contributed by atoms with Crippen LogP contribution < -0.4 is 11.5 Å². The molecule has 14 heavy (non-hydrogen) atoms. The van der Waals surface area contributed by atoms with Crippen LogP contribution in [0.2, 0.25) is 0 Å². The standard InChI is InChI=1S/C6H12N2O3S2.ClH/c7-3(1-12)5(9)11-6(10)4(8)2-13;/h3-4,12-13H,1-2,7-8H2;1H/t3-,4-;/m0./s1. The van der Waals surface area contributed by atoms with E-state index in [1.807, 2.05) is 0 Å². The van der Waals surface area contributed by atoms with Crippen LogP contribution in [0, 0.1) is 0 Å². The highest BCUT2D eigenvalue weighted by Crippen LogP contribution is 1.93. The normalized spacial score (nSPS) is 13.7. The molecular formula is C6H13ClN2O3S2. The maximum Gasteiger partial charge on any atom is 0.331 e. The SMILES string of the molecule is Cl.N[C@@H](CS)C(=O)OC(=O)[C@@H](N)CS.